The van der Waals surface area contributed by atoms with Crippen molar-refractivity contribution in [3.63, 3.8) is 0 Å². The van der Waals surface area contributed by atoms with Gasteiger partial charge in [0.05, 0.1) is 6.42 Å². The molecule has 1 unspecified atom stereocenters. The van der Waals surface area contributed by atoms with Crippen molar-refractivity contribution < 1.29 is 48.8 Å². The summed E-state index contributed by atoms with van der Waals surface area (Å²) in [5.74, 6) is -5.00. The van der Waals surface area contributed by atoms with Crippen LogP contribution in [0.5, 0.6) is 0 Å². The fourth-order valence-electron chi connectivity index (χ4n) is 2.87. The van der Waals surface area contributed by atoms with Gasteiger partial charge in [-0.1, -0.05) is 38.5 Å². The van der Waals surface area contributed by atoms with E-state index in [1.807, 2.05) is 0 Å². The molecule has 11 heteroatoms. The van der Waals surface area contributed by atoms with Crippen LogP contribution < -0.4 is 0 Å². The van der Waals surface area contributed by atoms with Gasteiger partial charge in [0.25, 0.3) is 0 Å². The fourth-order valence-corrected chi connectivity index (χ4v) is 2.87. The molecule has 0 fully saturated rings. The molecule has 0 aliphatic carbocycles. The first kappa shape index (κ1) is 30.2. The molecule has 0 heterocycles. The van der Waals surface area contributed by atoms with Crippen LogP contribution in [0.4, 0.5) is 0 Å². The van der Waals surface area contributed by atoms with E-state index in [1.165, 1.54) is 0 Å². The molecule has 0 aromatic heterocycles. The summed E-state index contributed by atoms with van der Waals surface area (Å²) in [6, 6.07) is 0. The van der Waals surface area contributed by atoms with Gasteiger partial charge in [-0.2, -0.15) is 0 Å². The van der Waals surface area contributed by atoms with Crippen LogP contribution in [0.15, 0.2) is 0 Å². The first-order chi connectivity index (χ1) is 15.6. The van der Waals surface area contributed by atoms with Gasteiger partial charge >= 0.3 is 29.8 Å². The van der Waals surface area contributed by atoms with Crippen LogP contribution in [0.25, 0.3) is 0 Å². The van der Waals surface area contributed by atoms with Crippen LogP contribution >= 0.6 is 0 Å². The minimum Gasteiger partial charge on any atom is -0.481 e. The summed E-state index contributed by atoms with van der Waals surface area (Å²) < 4.78 is 9.26. The average Bonchev–Trinajstić information content (AvgIpc) is 2.71. The summed E-state index contributed by atoms with van der Waals surface area (Å²) >= 11 is 0. The molecule has 0 spiro atoms. The maximum atomic E-state index is 11.7. The summed E-state index contributed by atoms with van der Waals surface area (Å²) in [6.45, 7) is 0. The summed E-state index contributed by atoms with van der Waals surface area (Å²) in [7, 11) is 0. The smallest absolute Gasteiger partial charge is 0.343 e. The molecule has 0 aromatic carbocycles. The number of rotatable bonds is 19. The Morgan fingerprint density at radius 1 is 0.606 bits per heavy atom. The number of aliphatic carboxylic acids is 2. The van der Waals surface area contributed by atoms with Crippen molar-refractivity contribution in [2.75, 3.05) is 0 Å². The van der Waals surface area contributed by atoms with Gasteiger partial charge in [0.1, 0.15) is 0 Å². The van der Waals surface area contributed by atoms with Gasteiger partial charge in [0.15, 0.2) is 12.0 Å². The molecule has 11 nitrogen and oxygen atoms in total. The van der Waals surface area contributed by atoms with Gasteiger partial charge in [-0.3, -0.25) is 24.6 Å². The van der Waals surface area contributed by atoms with E-state index in [4.69, 9.17) is 20.4 Å². The zero-order valence-electron chi connectivity index (χ0n) is 18.9. The minimum absolute atomic E-state index is 0.0276. The van der Waals surface area contributed by atoms with Gasteiger partial charge in [0.2, 0.25) is 0 Å². The van der Waals surface area contributed by atoms with Crippen molar-refractivity contribution >= 4 is 35.7 Å². The second-order valence-electron chi connectivity index (χ2n) is 7.73. The zero-order chi connectivity index (χ0) is 25.1. The highest BCUT2D eigenvalue weighted by atomic mass is 16.6. The Kier molecular flexibility index (Phi) is 17.1. The third kappa shape index (κ3) is 19.6. The lowest BCUT2D eigenvalue weighted by molar-refractivity contribution is -0.166. The maximum absolute atomic E-state index is 11.7. The number of carboxylic acid groups (broad SMARTS) is 2. The van der Waals surface area contributed by atoms with E-state index in [-0.39, 0.29) is 25.7 Å². The lowest BCUT2D eigenvalue weighted by atomic mass is 10.1. The van der Waals surface area contributed by atoms with Crippen molar-refractivity contribution in [3.8, 4) is 0 Å². The first-order valence-electron chi connectivity index (χ1n) is 11.3. The summed E-state index contributed by atoms with van der Waals surface area (Å²) in [6.07, 6.45) is 4.35. The molecule has 0 radical (unpaired) electrons. The van der Waals surface area contributed by atoms with Crippen LogP contribution in [0.1, 0.15) is 96.3 Å². The Bertz CT molecular complexity index is 662. The molecule has 0 bridgehead atoms. The monoisotopic (exact) mass is 473 g/mol. The molecule has 0 aliphatic heterocycles. The Labute approximate surface area is 193 Å². The molecular weight excluding hydrogens is 438 g/mol. The summed E-state index contributed by atoms with van der Waals surface area (Å²) in [5.41, 5.74) is 0. The van der Waals surface area contributed by atoms with Crippen LogP contribution in [-0.4, -0.2) is 57.2 Å². The van der Waals surface area contributed by atoms with Crippen molar-refractivity contribution in [1.82, 2.24) is 0 Å². The molecule has 188 valence electrons. The lowest BCUT2D eigenvalue weighted by Crippen LogP contribution is -2.29. The average molecular weight is 474 g/mol. The van der Waals surface area contributed by atoms with Crippen LogP contribution in [0.3, 0.4) is 0 Å². The van der Waals surface area contributed by atoms with Crippen molar-refractivity contribution in [1.29, 1.82) is 5.41 Å². The number of aliphatic hydroxyl groups is 1. The normalized spacial score (nSPS) is 11.4. The van der Waals surface area contributed by atoms with Crippen molar-refractivity contribution in [2.24, 2.45) is 0 Å². The molecule has 0 saturated carbocycles. The highest BCUT2D eigenvalue weighted by Crippen LogP contribution is 2.10. The molecule has 0 amide bonds. The maximum Gasteiger partial charge on any atom is 0.343 e. The number of carbonyl (C=O) groups is 5. The number of aliphatic hydroxyl groups excluding tert-OH is 1. The molecule has 0 rings (SSSR count). The van der Waals surface area contributed by atoms with E-state index in [0.717, 1.165) is 25.7 Å². The number of esters is 3. The predicted molar refractivity (Wildman–Crippen MR) is 115 cm³/mol. The number of hydrogen-bond acceptors (Lipinski definition) is 9. The number of carbonyl (C=O) groups excluding carboxylic acids is 3. The second kappa shape index (κ2) is 18.7. The molecule has 4 N–H and O–H groups in total. The number of hydrogen-bond donors (Lipinski definition) is 4. The van der Waals surface area contributed by atoms with E-state index >= 15 is 0 Å². The van der Waals surface area contributed by atoms with E-state index in [0.29, 0.717) is 38.5 Å². The highest BCUT2D eigenvalue weighted by molar-refractivity contribution is 5.93. The van der Waals surface area contributed by atoms with E-state index in [9.17, 15) is 29.1 Å². The lowest BCUT2D eigenvalue weighted by Gasteiger charge is -2.10. The minimum atomic E-state index is -1.81. The van der Waals surface area contributed by atoms with Crippen LogP contribution in [0, 0.1) is 5.41 Å². The Morgan fingerprint density at radius 2 is 0.970 bits per heavy atom. The summed E-state index contributed by atoms with van der Waals surface area (Å²) in [5, 5.41) is 34.4. The summed E-state index contributed by atoms with van der Waals surface area (Å²) in [4.78, 5) is 55.8. The van der Waals surface area contributed by atoms with Gasteiger partial charge in [-0.15, -0.1) is 0 Å². The number of unbranched alkanes of at least 4 members (excludes halogenated alkanes) is 8. The number of nitrogens with one attached hydrogen (secondary N) is 1. The quantitative estimate of drug-likeness (QED) is 0.0713. The highest BCUT2D eigenvalue weighted by Gasteiger charge is 2.23. The van der Waals surface area contributed by atoms with E-state index < -0.39 is 48.3 Å². The van der Waals surface area contributed by atoms with Gasteiger partial charge in [-0.25, -0.2) is 4.79 Å². The Balaban J connectivity index is 3.87. The predicted octanol–water partition coefficient (Wildman–Crippen LogP) is 2.96. The topological polar surface area (TPSA) is 188 Å². The largest absolute Gasteiger partial charge is 0.481 e. The van der Waals surface area contributed by atoms with Gasteiger partial charge in [-0.05, 0) is 25.7 Å². The van der Waals surface area contributed by atoms with Crippen LogP contribution in [-0.2, 0) is 33.4 Å². The molecular formula is C22H35NO10. The SMILES string of the molecule is N=C(CC(O)C(=O)OC(=O)CCCCCCCC(=O)O)OC(=O)CCCCCCCC(=O)O. The third-order valence-electron chi connectivity index (χ3n) is 4.65. The number of carboxylic acids is 2. The standard InChI is InChI=1S/C22H35NO10/c23-17(32-20(29)13-9-5-1-3-7-11-18(25)26)15-16(24)22(31)33-21(30)14-10-6-2-4-8-12-19(27)28/h16,23-24H,1-15H2,(H,25,26)(H,27,28). The number of ether oxygens (including phenoxy) is 2. The second-order valence-corrected chi connectivity index (χ2v) is 7.73. The van der Waals surface area contributed by atoms with E-state index in [1.54, 1.807) is 0 Å². The Hall–Kier alpha value is -2.82. The van der Waals surface area contributed by atoms with Gasteiger partial charge < -0.3 is 24.8 Å². The van der Waals surface area contributed by atoms with Gasteiger partial charge in [0, 0.05) is 25.7 Å². The first-order valence-corrected chi connectivity index (χ1v) is 11.3. The van der Waals surface area contributed by atoms with Crippen LogP contribution in [0.2, 0.25) is 0 Å². The zero-order valence-corrected chi connectivity index (χ0v) is 18.9. The van der Waals surface area contributed by atoms with Crippen molar-refractivity contribution in [2.45, 2.75) is 102 Å². The fraction of sp³-hybridized carbons (Fsp3) is 0.727. The Morgan fingerprint density at radius 3 is 1.39 bits per heavy atom. The van der Waals surface area contributed by atoms with Crippen molar-refractivity contribution in [3.05, 3.63) is 0 Å². The molecule has 0 aliphatic rings. The third-order valence-corrected chi connectivity index (χ3v) is 4.65. The molecule has 0 aromatic rings. The van der Waals surface area contributed by atoms with E-state index in [2.05, 4.69) is 4.74 Å². The molecule has 33 heavy (non-hydrogen) atoms. The molecule has 1 atom stereocenters. The molecule has 0 saturated heterocycles.